The van der Waals surface area contributed by atoms with Crippen LogP contribution in [0.5, 0.6) is 0 Å². The molecule has 1 unspecified atom stereocenters. The molecule has 0 aliphatic carbocycles. The van der Waals surface area contributed by atoms with E-state index in [2.05, 4.69) is 15.9 Å². The summed E-state index contributed by atoms with van der Waals surface area (Å²) < 4.78 is 28.7. The Morgan fingerprint density at radius 2 is 2.00 bits per heavy atom. The van der Waals surface area contributed by atoms with Crippen molar-refractivity contribution >= 4 is 15.9 Å². The van der Waals surface area contributed by atoms with Crippen molar-refractivity contribution in [3.63, 3.8) is 0 Å². The van der Waals surface area contributed by atoms with Gasteiger partial charge in [-0.3, -0.25) is 4.79 Å². The molecule has 2 N–H and O–H groups in total. The van der Waals surface area contributed by atoms with Crippen LogP contribution in [0.1, 0.15) is 11.6 Å². The van der Waals surface area contributed by atoms with Crippen LogP contribution in [0.2, 0.25) is 0 Å². The fraction of sp³-hybridized carbons (Fsp3) is 0.154. The second kappa shape index (κ2) is 5.63. The first-order valence-electron chi connectivity index (χ1n) is 5.54. The summed E-state index contributed by atoms with van der Waals surface area (Å²) >= 11 is 3.23. The van der Waals surface area contributed by atoms with Gasteiger partial charge in [0.15, 0.2) is 0 Å². The second-order valence-corrected chi connectivity index (χ2v) is 5.03. The molecule has 1 heterocycles. The molecule has 0 spiro atoms. The first-order chi connectivity index (χ1) is 8.97. The Labute approximate surface area is 116 Å². The third-order valence-corrected chi connectivity index (χ3v) is 3.17. The van der Waals surface area contributed by atoms with E-state index < -0.39 is 17.7 Å². The SMILES string of the molecule is NC(Cn1cc(Br)ccc1=O)c1cc(F)ccc1F. The summed E-state index contributed by atoms with van der Waals surface area (Å²) in [5.41, 5.74) is 5.63. The molecular weight excluding hydrogens is 318 g/mol. The van der Waals surface area contributed by atoms with Crippen molar-refractivity contribution in [2.45, 2.75) is 12.6 Å². The van der Waals surface area contributed by atoms with Crippen molar-refractivity contribution in [1.82, 2.24) is 4.57 Å². The lowest BCUT2D eigenvalue weighted by molar-refractivity contribution is 0.514. The molecule has 0 bridgehead atoms. The molecular formula is C13H11BrF2N2O. The molecule has 100 valence electrons. The zero-order valence-corrected chi connectivity index (χ0v) is 11.4. The largest absolute Gasteiger partial charge is 0.322 e. The Kier molecular flexibility index (Phi) is 4.11. The third-order valence-electron chi connectivity index (χ3n) is 2.70. The molecule has 0 aliphatic heterocycles. The Bertz CT molecular complexity index is 657. The molecule has 1 aromatic heterocycles. The lowest BCUT2D eigenvalue weighted by Crippen LogP contribution is -2.26. The molecule has 0 amide bonds. The van der Waals surface area contributed by atoms with E-state index in [0.29, 0.717) is 4.47 Å². The molecule has 0 saturated carbocycles. The summed E-state index contributed by atoms with van der Waals surface area (Å²) in [6.07, 6.45) is 1.55. The van der Waals surface area contributed by atoms with Gasteiger partial charge in [-0.1, -0.05) is 0 Å². The molecule has 0 aliphatic rings. The highest BCUT2D eigenvalue weighted by Gasteiger charge is 2.13. The van der Waals surface area contributed by atoms with Gasteiger partial charge >= 0.3 is 0 Å². The minimum absolute atomic E-state index is 0.0480. The van der Waals surface area contributed by atoms with Gasteiger partial charge < -0.3 is 10.3 Å². The highest BCUT2D eigenvalue weighted by Crippen LogP contribution is 2.18. The zero-order valence-electron chi connectivity index (χ0n) is 9.82. The van der Waals surface area contributed by atoms with Crippen LogP contribution in [-0.4, -0.2) is 4.57 Å². The van der Waals surface area contributed by atoms with E-state index in [4.69, 9.17) is 5.73 Å². The third kappa shape index (κ3) is 3.27. The summed E-state index contributed by atoms with van der Waals surface area (Å²) in [6, 6.07) is 5.27. The van der Waals surface area contributed by atoms with Gasteiger partial charge in [0.05, 0.1) is 6.04 Å². The quantitative estimate of drug-likeness (QED) is 0.941. The molecule has 2 aromatic rings. The maximum atomic E-state index is 13.6. The Balaban J connectivity index is 2.30. The molecule has 19 heavy (non-hydrogen) atoms. The highest BCUT2D eigenvalue weighted by molar-refractivity contribution is 9.10. The predicted molar refractivity (Wildman–Crippen MR) is 71.7 cm³/mol. The molecule has 0 saturated heterocycles. The van der Waals surface area contributed by atoms with E-state index in [-0.39, 0.29) is 17.7 Å². The number of rotatable bonds is 3. The minimum Gasteiger partial charge on any atom is -0.322 e. The van der Waals surface area contributed by atoms with E-state index in [1.54, 1.807) is 12.3 Å². The summed E-state index contributed by atoms with van der Waals surface area (Å²) in [4.78, 5) is 11.6. The monoisotopic (exact) mass is 328 g/mol. The second-order valence-electron chi connectivity index (χ2n) is 4.11. The van der Waals surface area contributed by atoms with Crippen LogP contribution in [0.25, 0.3) is 0 Å². The van der Waals surface area contributed by atoms with Gasteiger partial charge in [0.25, 0.3) is 5.56 Å². The Morgan fingerprint density at radius 1 is 1.26 bits per heavy atom. The topological polar surface area (TPSA) is 48.0 Å². The minimum atomic E-state index is -0.803. The average Bonchev–Trinajstić information content (AvgIpc) is 2.36. The number of nitrogens with two attached hydrogens (primary N) is 1. The highest BCUT2D eigenvalue weighted by atomic mass is 79.9. The summed E-state index contributed by atoms with van der Waals surface area (Å²) in [7, 11) is 0. The van der Waals surface area contributed by atoms with E-state index in [1.807, 2.05) is 0 Å². The number of aromatic nitrogens is 1. The normalized spacial score (nSPS) is 12.4. The van der Waals surface area contributed by atoms with Crippen LogP contribution in [-0.2, 0) is 6.54 Å². The maximum Gasteiger partial charge on any atom is 0.250 e. The number of pyridine rings is 1. The molecule has 0 fully saturated rings. The molecule has 1 atom stereocenters. The number of hydrogen-bond acceptors (Lipinski definition) is 2. The van der Waals surface area contributed by atoms with Crippen molar-refractivity contribution in [2.75, 3.05) is 0 Å². The van der Waals surface area contributed by atoms with E-state index in [1.165, 1.54) is 10.6 Å². The van der Waals surface area contributed by atoms with Crippen LogP contribution < -0.4 is 11.3 Å². The van der Waals surface area contributed by atoms with Gasteiger partial charge in [0, 0.05) is 28.8 Å². The lowest BCUT2D eigenvalue weighted by atomic mass is 10.1. The van der Waals surface area contributed by atoms with Gasteiger partial charge in [0.2, 0.25) is 0 Å². The number of benzene rings is 1. The van der Waals surface area contributed by atoms with Crippen LogP contribution in [0.3, 0.4) is 0 Å². The van der Waals surface area contributed by atoms with Gasteiger partial charge in [-0.05, 0) is 40.2 Å². The summed E-state index contributed by atoms with van der Waals surface area (Å²) in [5.74, 6) is -1.15. The smallest absolute Gasteiger partial charge is 0.250 e. The lowest BCUT2D eigenvalue weighted by Gasteiger charge is -2.15. The van der Waals surface area contributed by atoms with Crippen LogP contribution in [0.4, 0.5) is 8.78 Å². The van der Waals surface area contributed by atoms with E-state index >= 15 is 0 Å². The van der Waals surface area contributed by atoms with E-state index in [9.17, 15) is 13.6 Å². The molecule has 1 aromatic carbocycles. The van der Waals surface area contributed by atoms with Crippen molar-refractivity contribution in [1.29, 1.82) is 0 Å². The first kappa shape index (κ1) is 13.9. The first-order valence-corrected chi connectivity index (χ1v) is 6.33. The van der Waals surface area contributed by atoms with Gasteiger partial charge in [-0.15, -0.1) is 0 Å². The predicted octanol–water partition coefficient (Wildman–Crippen LogP) is 2.59. The van der Waals surface area contributed by atoms with Crippen molar-refractivity contribution < 1.29 is 8.78 Å². The van der Waals surface area contributed by atoms with Crippen LogP contribution >= 0.6 is 15.9 Å². The van der Waals surface area contributed by atoms with Gasteiger partial charge in [-0.25, -0.2) is 8.78 Å². The fourth-order valence-corrected chi connectivity index (χ4v) is 2.13. The number of hydrogen-bond donors (Lipinski definition) is 1. The summed E-state index contributed by atoms with van der Waals surface area (Å²) in [6.45, 7) is 0.0681. The number of halogens is 3. The average molecular weight is 329 g/mol. The molecule has 2 rings (SSSR count). The van der Waals surface area contributed by atoms with Crippen LogP contribution in [0.15, 0.2) is 45.8 Å². The van der Waals surface area contributed by atoms with E-state index in [0.717, 1.165) is 18.2 Å². The Hall–Kier alpha value is -1.53. The molecule has 3 nitrogen and oxygen atoms in total. The molecule has 0 radical (unpaired) electrons. The fourth-order valence-electron chi connectivity index (χ4n) is 1.75. The van der Waals surface area contributed by atoms with Gasteiger partial charge in [-0.2, -0.15) is 0 Å². The van der Waals surface area contributed by atoms with Gasteiger partial charge in [0.1, 0.15) is 11.6 Å². The number of nitrogens with zero attached hydrogens (tertiary/aromatic N) is 1. The van der Waals surface area contributed by atoms with Crippen molar-refractivity contribution in [3.8, 4) is 0 Å². The standard InChI is InChI=1S/C13H11BrF2N2O/c14-8-1-4-13(19)18(6-8)7-12(17)10-5-9(15)2-3-11(10)16/h1-6,12H,7,17H2. The van der Waals surface area contributed by atoms with Crippen molar-refractivity contribution in [2.24, 2.45) is 5.73 Å². The zero-order chi connectivity index (χ0) is 14.0. The van der Waals surface area contributed by atoms with Crippen molar-refractivity contribution in [3.05, 3.63) is 68.6 Å². The Morgan fingerprint density at radius 3 is 2.74 bits per heavy atom. The van der Waals surface area contributed by atoms with Crippen LogP contribution in [0, 0.1) is 11.6 Å². The maximum absolute atomic E-state index is 13.6. The molecule has 6 heteroatoms. The summed E-state index contributed by atoms with van der Waals surface area (Å²) in [5, 5.41) is 0.